The molecule has 29 heavy (non-hydrogen) atoms. The summed E-state index contributed by atoms with van der Waals surface area (Å²) in [6, 6.07) is 5.67. The van der Waals surface area contributed by atoms with Gasteiger partial charge in [0.25, 0.3) is 5.56 Å². The fraction of sp³-hybridized carbons (Fsp3) is 0.421. The highest BCUT2D eigenvalue weighted by atomic mass is 32.2. The number of hydrogen-bond donors (Lipinski definition) is 0. The molecule has 4 aromatic heterocycles. The lowest BCUT2D eigenvalue weighted by atomic mass is 9.95. The first kappa shape index (κ1) is 18.6. The molecule has 0 spiro atoms. The molecular formula is C19H20N6O2S2. The Morgan fingerprint density at radius 3 is 2.93 bits per heavy atom. The number of thioether (sulfide) groups is 1. The third-order valence-electron chi connectivity index (χ3n) is 5.09. The Kier molecular flexibility index (Phi) is 4.96. The number of fused-ring (bicyclic) bond motifs is 1. The van der Waals surface area contributed by atoms with Crippen molar-refractivity contribution in [2.24, 2.45) is 0 Å². The minimum absolute atomic E-state index is 0.148. The third-order valence-corrected chi connectivity index (χ3v) is 7.13. The van der Waals surface area contributed by atoms with Gasteiger partial charge in [-0.2, -0.15) is 9.61 Å². The second kappa shape index (κ2) is 7.75. The van der Waals surface area contributed by atoms with Gasteiger partial charge >= 0.3 is 0 Å². The van der Waals surface area contributed by atoms with Crippen LogP contribution in [-0.4, -0.2) is 29.4 Å². The second-order valence-electron chi connectivity index (χ2n) is 7.16. The Balaban J connectivity index is 1.45. The van der Waals surface area contributed by atoms with Gasteiger partial charge in [0.1, 0.15) is 5.01 Å². The van der Waals surface area contributed by atoms with Crippen LogP contribution in [-0.2, 0) is 5.75 Å². The molecule has 0 N–H and O–H groups in total. The first-order valence-corrected chi connectivity index (χ1v) is 11.5. The van der Waals surface area contributed by atoms with E-state index in [0.29, 0.717) is 22.4 Å². The fourth-order valence-electron chi connectivity index (χ4n) is 3.76. The summed E-state index contributed by atoms with van der Waals surface area (Å²) in [5, 5.41) is 15.0. The van der Waals surface area contributed by atoms with E-state index in [1.165, 1.54) is 41.2 Å². The molecule has 1 aliphatic carbocycles. The number of hydrogen-bond acceptors (Lipinski definition) is 8. The van der Waals surface area contributed by atoms with E-state index < -0.39 is 0 Å². The van der Waals surface area contributed by atoms with Crippen LogP contribution >= 0.6 is 23.1 Å². The Labute approximate surface area is 175 Å². The Morgan fingerprint density at radius 2 is 2.14 bits per heavy atom. The summed E-state index contributed by atoms with van der Waals surface area (Å²) in [5.74, 6) is 2.12. The maximum absolute atomic E-state index is 12.1. The van der Waals surface area contributed by atoms with Gasteiger partial charge in [-0.05, 0) is 31.9 Å². The molecule has 1 fully saturated rings. The Bertz CT molecular complexity index is 1190. The average molecular weight is 429 g/mol. The molecule has 0 unspecified atom stereocenters. The number of nitrogens with zero attached hydrogens (tertiary/aromatic N) is 6. The van der Waals surface area contributed by atoms with Gasteiger partial charge in [-0.15, -0.1) is 10.2 Å². The summed E-state index contributed by atoms with van der Waals surface area (Å²) in [7, 11) is 0. The Morgan fingerprint density at radius 1 is 1.28 bits per heavy atom. The van der Waals surface area contributed by atoms with Crippen molar-refractivity contribution >= 4 is 28.1 Å². The maximum atomic E-state index is 12.1. The Hall–Kier alpha value is -2.46. The van der Waals surface area contributed by atoms with Crippen LogP contribution in [0.2, 0.25) is 0 Å². The molecule has 0 atom stereocenters. The normalized spacial score (nSPS) is 15.3. The molecule has 8 nitrogen and oxygen atoms in total. The molecule has 0 amide bonds. The van der Waals surface area contributed by atoms with Gasteiger partial charge in [-0.25, -0.2) is 4.98 Å². The van der Waals surface area contributed by atoms with Crippen LogP contribution in [0, 0.1) is 6.92 Å². The molecular weight excluding hydrogens is 408 g/mol. The van der Waals surface area contributed by atoms with E-state index in [1.807, 2.05) is 19.1 Å². The van der Waals surface area contributed by atoms with E-state index in [0.717, 1.165) is 34.6 Å². The fourth-order valence-corrected chi connectivity index (χ4v) is 5.70. The molecule has 4 aromatic rings. The molecule has 0 radical (unpaired) electrons. The highest BCUT2D eigenvalue weighted by Gasteiger charge is 2.25. The van der Waals surface area contributed by atoms with Crippen molar-refractivity contribution in [2.45, 2.75) is 56.0 Å². The largest absolute Gasteiger partial charge is 0.461 e. The van der Waals surface area contributed by atoms with Crippen LogP contribution < -0.4 is 5.56 Å². The van der Waals surface area contributed by atoms with E-state index in [-0.39, 0.29) is 5.56 Å². The molecule has 0 bridgehead atoms. The quantitative estimate of drug-likeness (QED) is 0.442. The smallest absolute Gasteiger partial charge is 0.275 e. The predicted molar refractivity (Wildman–Crippen MR) is 111 cm³/mol. The van der Waals surface area contributed by atoms with E-state index >= 15 is 0 Å². The lowest BCUT2D eigenvalue weighted by molar-refractivity contribution is 0.337. The average Bonchev–Trinajstić information content (AvgIpc) is 3.45. The highest BCUT2D eigenvalue weighted by molar-refractivity contribution is 7.98. The van der Waals surface area contributed by atoms with Gasteiger partial charge in [0.15, 0.2) is 10.9 Å². The lowest BCUT2D eigenvalue weighted by Gasteiger charge is -2.25. The van der Waals surface area contributed by atoms with Crippen molar-refractivity contribution in [3.8, 4) is 11.6 Å². The number of aromatic nitrogens is 6. The van der Waals surface area contributed by atoms with Crippen LogP contribution in [0.25, 0.3) is 16.5 Å². The second-order valence-corrected chi connectivity index (χ2v) is 9.14. The van der Waals surface area contributed by atoms with Crippen LogP contribution in [0.3, 0.4) is 0 Å². The number of furan rings is 1. The number of rotatable bonds is 5. The van der Waals surface area contributed by atoms with E-state index in [9.17, 15) is 4.79 Å². The molecule has 0 aromatic carbocycles. The summed E-state index contributed by atoms with van der Waals surface area (Å²) in [6.07, 6.45) is 7.63. The zero-order valence-corrected chi connectivity index (χ0v) is 17.6. The molecule has 0 saturated heterocycles. The van der Waals surface area contributed by atoms with Crippen molar-refractivity contribution in [2.75, 3.05) is 0 Å². The third kappa shape index (κ3) is 3.62. The van der Waals surface area contributed by atoms with Gasteiger partial charge in [0, 0.05) is 17.8 Å². The standard InChI is InChI=1S/C19H20N6O2S2/c1-12-10-16(26)25-18(20-12)29-15(23-25)11-28-19-22-21-17(14-8-5-9-27-14)24(19)13-6-3-2-4-7-13/h5,8-10,13H,2-4,6-7,11H2,1H3. The maximum Gasteiger partial charge on any atom is 0.275 e. The zero-order valence-electron chi connectivity index (χ0n) is 15.9. The summed E-state index contributed by atoms with van der Waals surface area (Å²) in [6.45, 7) is 1.82. The van der Waals surface area contributed by atoms with Gasteiger partial charge < -0.3 is 4.42 Å². The van der Waals surface area contributed by atoms with Gasteiger partial charge in [0.2, 0.25) is 10.8 Å². The summed E-state index contributed by atoms with van der Waals surface area (Å²) >= 11 is 3.02. The highest BCUT2D eigenvalue weighted by Crippen LogP contribution is 2.36. The minimum Gasteiger partial charge on any atom is -0.461 e. The predicted octanol–water partition coefficient (Wildman–Crippen LogP) is 4.11. The molecule has 4 heterocycles. The molecule has 5 rings (SSSR count). The van der Waals surface area contributed by atoms with Crippen molar-refractivity contribution in [3.63, 3.8) is 0 Å². The van der Waals surface area contributed by atoms with Crippen molar-refractivity contribution < 1.29 is 4.42 Å². The van der Waals surface area contributed by atoms with Crippen molar-refractivity contribution in [1.29, 1.82) is 0 Å². The topological polar surface area (TPSA) is 91.1 Å². The van der Waals surface area contributed by atoms with Gasteiger partial charge in [-0.3, -0.25) is 9.36 Å². The van der Waals surface area contributed by atoms with E-state index in [4.69, 9.17) is 4.42 Å². The summed E-state index contributed by atoms with van der Waals surface area (Å²) in [5.41, 5.74) is 0.559. The molecule has 1 aliphatic rings. The molecule has 150 valence electrons. The first-order chi connectivity index (χ1) is 14.2. The van der Waals surface area contributed by atoms with Crippen LogP contribution in [0.5, 0.6) is 0 Å². The van der Waals surface area contributed by atoms with Crippen LogP contribution in [0.4, 0.5) is 0 Å². The monoisotopic (exact) mass is 428 g/mol. The van der Waals surface area contributed by atoms with Crippen molar-refractivity contribution in [3.05, 3.63) is 45.5 Å². The first-order valence-electron chi connectivity index (χ1n) is 9.67. The summed E-state index contributed by atoms with van der Waals surface area (Å²) in [4.78, 5) is 17.1. The molecule has 1 saturated carbocycles. The van der Waals surface area contributed by atoms with Crippen molar-refractivity contribution in [1.82, 2.24) is 29.4 Å². The molecule has 10 heteroatoms. The SMILES string of the molecule is Cc1cc(=O)n2nc(CSc3nnc(-c4ccco4)n3C3CCCCC3)sc2n1. The summed E-state index contributed by atoms with van der Waals surface area (Å²) < 4.78 is 9.20. The van der Waals surface area contributed by atoms with Gasteiger partial charge in [-0.1, -0.05) is 42.4 Å². The lowest BCUT2D eigenvalue weighted by Crippen LogP contribution is -2.15. The van der Waals surface area contributed by atoms with Crippen LogP contribution in [0.1, 0.15) is 48.8 Å². The number of aryl methyl sites for hydroxylation is 1. The van der Waals surface area contributed by atoms with Crippen LogP contribution in [0.15, 0.2) is 38.8 Å². The minimum atomic E-state index is -0.148. The van der Waals surface area contributed by atoms with Gasteiger partial charge in [0.05, 0.1) is 12.0 Å². The van der Waals surface area contributed by atoms with E-state index in [1.54, 1.807) is 18.0 Å². The molecule has 0 aliphatic heterocycles. The van der Waals surface area contributed by atoms with E-state index in [2.05, 4.69) is 24.8 Å². The zero-order chi connectivity index (χ0) is 19.8.